The van der Waals surface area contributed by atoms with Crippen molar-refractivity contribution in [2.45, 2.75) is 39.2 Å². The molecule has 2 aromatic heterocycles. The van der Waals surface area contributed by atoms with Crippen molar-refractivity contribution in [2.75, 3.05) is 13.1 Å². The van der Waals surface area contributed by atoms with E-state index in [2.05, 4.69) is 41.2 Å². The van der Waals surface area contributed by atoms with Crippen LogP contribution in [0.3, 0.4) is 0 Å². The second-order valence-corrected chi connectivity index (χ2v) is 6.17. The molecule has 7 heteroatoms. The summed E-state index contributed by atoms with van der Waals surface area (Å²) in [5.41, 5.74) is 1.15. The molecule has 0 spiro atoms. The Labute approximate surface area is 123 Å². The lowest BCUT2D eigenvalue weighted by Crippen LogP contribution is -2.41. The van der Waals surface area contributed by atoms with Gasteiger partial charge in [0.25, 0.3) is 5.56 Å². The highest BCUT2D eigenvalue weighted by Crippen LogP contribution is 2.23. The molecule has 0 bridgehead atoms. The zero-order valence-electron chi connectivity index (χ0n) is 12.1. The van der Waals surface area contributed by atoms with Crippen molar-refractivity contribution in [2.24, 2.45) is 0 Å². The van der Waals surface area contributed by atoms with Crippen LogP contribution in [-0.4, -0.2) is 32.8 Å². The first kappa shape index (κ1) is 15.0. The summed E-state index contributed by atoms with van der Waals surface area (Å²) >= 11 is 0. The molecule has 1 aliphatic rings. The first-order chi connectivity index (χ1) is 8.88. The van der Waals surface area contributed by atoms with Gasteiger partial charge >= 0.3 is 0 Å². The van der Waals surface area contributed by atoms with Crippen LogP contribution in [-0.2, 0) is 5.54 Å². The fraction of sp³-hybridized carbons (Fsp3) is 0.615. The molecule has 0 aliphatic carbocycles. The van der Waals surface area contributed by atoms with E-state index in [1.54, 1.807) is 0 Å². The number of hydrogen-bond donors (Lipinski definition) is 2. The fourth-order valence-electron chi connectivity index (χ4n) is 2.35. The third kappa shape index (κ3) is 2.23. The van der Waals surface area contributed by atoms with Crippen LogP contribution >= 0.6 is 12.4 Å². The van der Waals surface area contributed by atoms with Gasteiger partial charge in [0.15, 0.2) is 5.65 Å². The lowest BCUT2D eigenvalue weighted by Gasteiger charge is -2.26. The zero-order valence-corrected chi connectivity index (χ0v) is 13.0. The number of aryl methyl sites for hydroxylation is 1. The van der Waals surface area contributed by atoms with E-state index in [9.17, 15) is 4.79 Å². The van der Waals surface area contributed by atoms with E-state index in [4.69, 9.17) is 0 Å². The lowest BCUT2D eigenvalue weighted by molar-refractivity contribution is 0.363. The standard InChI is InChI=1S/C13H19N5O.ClH/c1-7-9-11(18(17-7)13(2,3)4)15-10(16-12(9)19)8-5-14-6-8;/h8,14H,5-6H2,1-4H3,(H,15,16,19);1H. The molecule has 1 aliphatic heterocycles. The van der Waals surface area contributed by atoms with Gasteiger partial charge in [0, 0.05) is 19.0 Å². The molecule has 0 unspecified atom stereocenters. The summed E-state index contributed by atoms with van der Waals surface area (Å²) < 4.78 is 1.85. The second-order valence-electron chi connectivity index (χ2n) is 6.17. The predicted octanol–water partition coefficient (Wildman–Crippen LogP) is 1.29. The highest BCUT2D eigenvalue weighted by molar-refractivity contribution is 5.85. The second kappa shape index (κ2) is 4.86. The number of halogens is 1. The van der Waals surface area contributed by atoms with Gasteiger partial charge in [-0.2, -0.15) is 5.10 Å². The van der Waals surface area contributed by atoms with E-state index >= 15 is 0 Å². The van der Waals surface area contributed by atoms with Crippen LogP contribution in [0, 0.1) is 6.92 Å². The molecule has 6 nitrogen and oxygen atoms in total. The minimum Gasteiger partial charge on any atom is -0.315 e. The molecular formula is C13H20ClN5O. The van der Waals surface area contributed by atoms with Gasteiger partial charge in [-0.05, 0) is 27.7 Å². The van der Waals surface area contributed by atoms with Crippen molar-refractivity contribution in [3.63, 3.8) is 0 Å². The summed E-state index contributed by atoms with van der Waals surface area (Å²) in [4.78, 5) is 19.8. The van der Waals surface area contributed by atoms with Crippen LogP contribution in [0.1, 0.15) is 38.2 Å². The lowest BCUT2D eigenvalue weighted by atomic mass is 10.0. The number of nitrogens with zero attached hydrogens (tertiary/aromatic N) is 3. The van der Waals surface area contributed by atoms with Crippen LogP contribution in [0.25, 0.3) is 11.0 Å². The zero-order chi connectivity index (χ0) is 13.8. The Hall–Kier alpha value is -1.40. The Balaban J connectivity index is 0.00000147. The van der Waals surface area contributed by atoms with E-state index < -0.39 is 0 Å². The first-order valence-corrected chi connectivity index (χ1v) is 6.58. The maximum absolute atomic E-state index is 12.2. The molecule has 20 heavy (non-hydrogen) atoms. The van der Waals surface area contributed by atoms with Gasteiger partial charge in [-0.25, -0.2) is 9.67 Å². The van der Waals surface area contributed by atoms with Crippen molar-refractivity contribution in [3.05, 3.63) is 21.9 Å². The number of hydrogen-bond acceptors (Lipinski definition) is 4. The van der Waals surface area contributed by atoms with Gasteiger partial charge in [0.2, 0.25) is 0 Å². The quantitative estimate of drug-likeness (QED) is 0.832. The van der Waals surface area contributed by atoms with Gasteiger partial charge in [-0.1, -0.05) is 0 Å². The number of aromatic amines is 1. The number of H-pyrrole nitrogens is 1. The van der Waals surface area contributed by atoms with E-state index in [1.165, 1.54) is 0 Å². The number of aromatic nitrogens is 4. The number of nitrogens with one attached hydrogen (secondary N) is 2. The Bertz CT molecular complexity index is 693. The molecule has 3 rings (SSSR count). The fourth-order valence-corrected chi connectivity index (χ4v) is 2.35. The molecule has 0 atom stereocenters. The van der Waals surface area contributed by atoms with Crippen molar-refractivity contribution >= 4 is 23.4 Å². The SMILES string of the molecule is Cc1nn(C(C)(C)C)c2nc(C3CNC3)[nH]c(=O)c12.Cl. The van der Waals surface area contributed by atoms with Crippen LogP contribution in [0.5, 0.6) is 0 Å². The Kier molecular flexibility index (Phi) is 3.64. The topological polar surface area (TPSA) is 75.6 Å². The molecule has 1 fully saturated rings. The van der Waals surface area contributed by atoms with Crippen LogP contribution in [0.4, 0.5) is 0 Å². The molecular weight excluding hydrogens is 278 g/mol. The maximum atomic E-state index is 12.2. The largest absolute Gasteiger partial charge is 0.315 e. The summed E-state index contributed by atoms with van der Waals surface area (Å²) in [6.45, 7) is 9.78. The molecule has 3 heterocycles. The Morgan fingerprint density at radius 2 is 1.95 bits per heavy atom. The van der Waals surface area contributed by atoms with E-state index in [0.717, 1.165) is 24.6 Å². The minimum atomic E-state index is -0.192. The summed E-state index contributed by atoms with van der Waals surface area (Å²) in [6.07, 6.45) is 0. The van der Waals surface area contributed by atoms with Crippen molar-refractivity contribution < 1.29 is 0 Å². The highest BCUT2D eigenvalue weighted by atomic mass is 35.5. The van der Waals surface area contributed by atoms with Crippen molar-refractivity contribution in [3.8, 4) is 0 Å². The molecule has 0 saturated carbocycles. The summed E-state index contributed by atoms with van der Waals surface area (Å²) in [7, 11) is 0. The van der Waals surface area contributed by atoms with Crippen LogP contribution in [0.2, 0.25) is 0 Å². The summed E-state index contributed by atoms with van der Waals surface area (Å²) in [5.74, 6) is 1.07. The molecule has 2 aromatic rings. The van der Waals surface area contributed by atoms with Gasteiger partial charge in [0.05, 0.1) is 11.2 Å². The molecule has 0 aromatic carbocycles. The third-order valence-corrected chi connectivity index (χ3v) is 3.53. The van der Waals surface area contributed by atoms with Gasteiger partial charge in [0.1, 0.15) is 11.2 Å². The van der Waals surface area contributed by atoms with E-state index in [-0.39, 0.29) is 23.5 Å². The normalized spacial score (nSPS) is 16.0. The average molecular weight is 298 g/mol. The summed E-state index contributed by atoms with van der Waals surface area (Å²) in [5, 5.41) is 8.28. The van der Waals surface area contributed by atoms with Crippen molar-refractivity contribution in [1.82, 2.24) is 25.1 Å². The Morgan fingerprint density at radius 3 is 2.45 bits per heavy atom. The molecule has 110 valence electrons. The van der Waals surface area contributed by atoms with E-state index in [1.807, 2.05) is 11.6 Å². The maximum Gasteiger partial charge on any atom is 0.262 e. The molecule has 0 radical (unpaired) electrons. The minimum absolute atomic E-state index is 0. The number of fused-ring (bicyclic) bond motifs is 1. The predicted molar refractivity (Wildman–Crippen MR) is 80.7 cm³/mol. The third-order valence-electron chi connectivity index (χ3n) is 3.53. The molecule has 1 saturated heterocycles. The van der Waals surface area contributed by atoms with Crippen molar-refractivity contribution in [1.29, 1.82) is 0 Å². The smallest absolute Gasteiger partial charge is 0.262 e. The first-order valence-electron chi connectivity index (χ1n) is 6.58. The number of rotatable bonds is 1. The van der Waals surface area contributed by atoms with Crippen LogP contribution in [0.15, 0.2) is 4.79 Å². The monoisotopic (exact) mass is 297 g/mol. The molecule has 0 amide bonds. The highest BCUT2D eigenvalue weighted by Gasteiger charge is 2.26. The average Bonchev–Trinajstić information content (AvgIpc) is 2.53. The van der Waals surface area contributed by atoms with Gasteiger partial charge in [-0.3, -0.25) is 4.79 Å². The summed E-state index contributed by atoms with van der Waals surface area (Å²) in [6, 6.07) is 0. The van der Waals surface area contributed by atoms with E-state index in [0.29, 0.717) is 17.0 Å². The Morgan fingerprint density at radius 1 is 1.30 bits per heavy atom. The molecule has 2 N–H and O–H groups in total. The van der Waals surface area contributed by atoms with Gasteiger partial charge < -0.3 is 10.3 Å². The van der Waals surface area contributed by atoms with Gasteiger partial charge in [-0.15, -0.1) is 12.4 Å². The van der Waals surface area contributed by atoms with Crippen LogP contribution < -0.4 is 10.9 Å².